The van der Waals surface area contributed by atoms with Crippen LogP contribution < -0.4 is 11.1 Å². The molecule has 2 unspecified atom stereocenters. The highest BCUT2D eigenvalue weighted by Gasteiger charge is 2.17. The summed E-state index contributed by atoms with van der Waals surface area (Å²) in [6.07, 6.45) is 0. The Morgan fingerprint density at radius 2 is 2.10 bits per heavy atom. The van der Waals surface area contributed by atoms with Gasteiger partial charge in [-0.1, -0.05) is 13.0 Å². The molecule has 0 bridgehead atoms. The van der Waals surface area contributed by atoms with Crippen molar-refractivity contribution in [2.45, 2.75) is 26.8 Å². The van der Waals surface area contributed by atoms with Crippen LogP contribution in [-0.4, -0.2) is 32.2 Å². The van der Waals surface area contributed by atoms with Crippen molar-refractivity contribution in [1.82, 2.24) is 20.2 Å². The van der Waals surface area contributed by atoms with E-state index in [4.69, 9.17) is 5.73 Å². The molecule has 1 aromatic heterocycles. The zero-order valence-electron chi connectivity index (χ0n) is 12.1. The van der Waals surface area contributed by atoms with Crippen molar-refractivity contribution in [3.63, 3.8) is 0 Å². The number of halogens is 1. The number of carbonyl (C=O) groups is 1. The molecule has 1 aromatic carbocycles. The third-order valence-electron chi connectivity index (χ3n) is 3.19. The van der Waals surface area contributed by atoms with Gasteiger partial charge in [-0.05, 0) is 42.5 Å². The maximum atomic E-state index is 12.0. The monoisotopic (exact) mass is 310 g/mol. The zero-order chi connectivity index (χ0) is 14.7. The lowest BCUT2D eigenvalue weighted by atomic mass is 10.0. The third kappa shape index (κ3) is 3.99. The molecule has 2 aromatic rings. The van der Waals surface area contributed by atoms with Gasteiger partial charge in [-0.3, -0.25) is 4.79 Å². The van der Waals surface area contributed by atoms with E-state index in [9.17, 15) is 4.79 Å². The van der Waals surface area contributed by atoms with Crippen molar-refractivity contribution in [2.24, 2.45) is 11.7 Å². The maximum Gasteiger partial charge on any atom is 0.228 e. The number of benzene rings is 1. The summed E-state index contributed by atoms with van der Waals surface area (Å²) in [5.41, 5.74) is 7.21. The minimum absolute atomic E-state index is 0. The van der Waals surface area contributed by atoms with E-state index in [1.54, 1.807) is 11.6 Å². The van der Waals surface area contributed by atoms with Crippen LogP contribution in [0.4, 0.5) is 5.69 Å². The van der Waals surface area contributed by atoms with E-state index in [1.807, 2.05) is 38.1 Å². The Kier molecular flexibility index (Phi) is 5.80. The van der Waals surface area contributed by atoms with Crippen LogP contribution in [0.5, 0.6) is 0 Å². The van der Waals surface area contributed by atoms with E-state index in [2.05, 4.69) is 20.8 Å². The Balaban J connectivity index is 0.00000220. The molecule has 0 aliphatic rings. The first-order valence-corrected chi connectivity index (χ1v) is 6.41. The second-order valence-electron chi connectivity index (χ2n) is 4.83. The highest BCUT2D eigenvalue weighted by Crippen LogP contribution is 2.15. The van der Waals surface area contributed by atoms with Crippen LogP contribution in [0.3, 0.4) is 0 Å². The van der Waals surface area contributed by atoms with E-state index in [0.29, 0.717) is 11.5 Å². The molecule has 1 amide bonds. The summed E-state index contributed by atoms with van der Waals surface area (Å²) in [4.78, 5) is 12.0. The normalized spacial score (nSPS) is 13.1. The topological polar surface area (TPSA) is 98.7 Å². The predicted molar refractivity (Wildman–Crippen MR) is 82.6 cm³/mol. The number of nitrogens with one attached hydrogen (secondary N) is 1. The van der Waals surface area contributed by atoms with Crippen LogP contribution in [0.15, 0.2) is 24.3 Å². The average Bonchev–Trinajstić information content (AvgIpc) is 2.84. The van der Waals surface area contributed by atoms with Gasteiger partial charge in [0.2, 0.25) is 5.91 Å². The molecule has 0 radical (unpaired) electrons. The summed E-state index contributed by atoms with van der Waals surface area (Å²) < 4.78 is 1.60. The first-order valence-electron chi connectivity index (χ1n) is 6.41. The number of rotatable bonds is 4. The smallest absolute Gasteiger partial charge is 0.228 e. The predicted octanol–water partition coefficient (Wildman–Crippen LogP) is 1.31. The Morgan fingerprint density at radius 1 is 1.38 bits per heavy atom. The number of carbonyl (C=O) groups excluding carboxylic acids is 1. The Labute approximate surface area is 129 Å². The van der Waals surface area contributed by atoms with E-state index in [-0.39, 0.29) is 30.3 Å². The molecule has 7 nitrogen and oxygen atoms in total. The van der Waals surface area contributed by atoms with Gasteiger partial charge in [0.05, 0.1) is 11.6 Å². The summed E-state index contributed by atoms with van der Waals surface area (Å²) in [5.74, 6) is 0.316. The SMILES string of the molecule is Cc1nnnn1-c1cccc(NC(=O)C(C)C(C)N)c1.Cl. The molecule has 0 saturated carbocycles. The van der Waals surface area contributed by atoms with Gasteiger partial charge in [0.15, 0.2) is 5.82 Å². The molecule has 0 saturated heterocycles. The quantitative estimate of drug-likeness (QED) is 0.887. The van der Waals surface area contributed by atoms with E-state index in [1.165, 1.54) is 0 Å². The van der Waals surface area contributed by atoms with Crippen LogP contribution in [0.2, 0.25) is 0 Å². The van der Waals surface area contributed by atoms with E-state index >= 15 is 0 Å². The molecule has 2 atom stereocenters. The van der Waals surface area contributed by atoms with E-state index in [0.717, 1.165) is 5.69 Å². The third-order valence-corrected chi connectivity index (χ3v) is 3.19. The molecule has 3 N–H and O–H groups in total. The highest BCUT2D eigenvalue weighted by molar-refractivity contribution is 5.93. The summed E-state index contributed by atoms with van der Waals surface area (Å²) in [5, 5.41) is 14.2. The minimum atomic E-state index is -0.256. The Bertz CT molecular complexity index is 612. The number of nitrogens with two attached hydrogens (primary N) is 1. The molecule has 114 valence electrons. The van der Waals surface area contributed by atoms with Gasteiger partial charge in [-0.15, -0.1) is 17.5 Å². The van der Waals surface area contributed by atoms with Crippen molar-refractivity contribution >= 4 is 24.0 Å². The fourth-order valence-electron chi connectivity index (χ4n) is 1.68. The second kappa shape index (κ2) is 7.14. The molecule has 2 rings (SSSR count). The number of nitrogens with zero attached hydrogens (tertiary/aromatic N) is 4. The summed E-state index contributed by atoms with van der Waals surface area (Å²) in [6, 6.07) is 7.14. The zero-order valence-corrected chi connectivity index (χ0v) is 13.0. The van der Waals surface area contributed by atoms with Crippen LogP contribution in [-0.2, 0) is 4.79 Å². The fraction of sp³-hybridized carbons (Fsp3) is 0.385. The van der Waals surface area contributed by atoms with Gasteiger partial charge in [0.25, 0.3) is 0 Å². The van der Waals surface area contributed by atoms with Crippen molar-refractivity contribution < 1.29 is 4.79 Å². The van der Waals surface area contributed by atoms with Crippen LogP contribution >= 0.6 is 12.4 Å². The van der Waals surface area contributed by atoms with Crippen molar-refractivity contribution in [3.05, 3.63) is 30.1 Å². The largest absolute Gasteiger partial charge is 0.327 e. The maximum absolute atomic E-state index is 12.0. The second-order valence-corrected chi connectivity index (χ2v) is 4.83. The molecule has 0 aliphatic heterocycles. The summed E-state index contributed by atoms with van der Waals surface area (Å²) in [7, 11) is 0. The first-order chi connectivity index (χ1) is 9.49. The molecular formula is C13H19ClN6O. The standard InChI is InChI=1S/C13H18N6O.ClH/c1-8(9(2)14)13(20)15-11-5-4-6-12(7-11)19-10(3)16-17-18-19;/h4-9H,14H2,1-3H3,(H,15,20);1H. The minimum Gasteiger partial charge on any atom is -0.327 e. The number of amides is 1. The summed E-state index contributed by atoms with van der Waals surface area (Å²) in [6.45, 7) is 5.42. The lowest BCUT2D eigenvalue weighted by Gasteiger charge is -2.15. The first kappa shape index (κ1) is 17.1. The number of hydrogen-bond donors (Lipinski definition) is 2. The van der Waals surface area contributed by atoms with Crippen LogP contribution in [0.25, 0.3) is 5.69 Å². The number of aryl methyl sites for hydroxylation is 1. The number of tetrazole rings is 1. The number of aromatic nitrogens is 4. The molecule has 1 heterocycles. The van der Waals surface area contributed by atoms with Crippen LogP contribution in [0, 0.1) is 12.8 Å². The molecule has 8 heteroatoms. The fourth-order valence-corrected chi connectivity index (χ4v) is 1.68. The van der Waals surface area contributed by atoms with E-state index < -0.39 is 0 Å². The highest BCUT2D eigenvalue weighted by atomic mass is 35.5. The van der Waals surface area contributed by atoms with Gasteiger partial charge in [-0.2, -0.15) is 4.68 Å². The number of hydrogen-bond acceptors (Lipinski definition) is 5. The average molecular weight is 311 g/mol. The van der Waals surface area contributed by atoms with Gasteiger partial charge in [0.1, 0.15) is 0 Å². The lowest BCUT2D eigenvalue weighted by molar-refractivity contribution is -0.119. The van der Waals surface area contributed by atoms with Gasteiger partial charge >= 0.3 is 0 Å². The van der Waals surface area contributed by atoms with Gasteiger partial charge in [-0.25, -0.2) is 0 Å². The van der Waals surface area contributed by atoms with Crippen molar-refractivity contribution in [1.29, 1.82) is 0 Å². The Morgan fingerprint density at radius 3 is 2.67 bits per heavy atom. The molecule has 0 fully saturated rings. The molecule has 0 spiro atoms. The van der Waals surface area contributed by atoms with Crippen molar-refractivity contribution in [3.8, 4) is 5.69 Å². The number of anilines is 1. The Hall–Kier alpha value is -1.99. The lowest BCUT2D eigenvalue weighted by Crippen LogP contribution is -2.34. The van der Waals surface area contributed by atoms with Crippen LogP contribution in [0.1, 0.15) is 19.7 Å². The van der Waals surface area contributed by atoms with Gasteiger partial charge in [0, 0.05) is 11.7 Å². The molecular weight excluding hydrogens is 292 g/mol. The van der Waals surface area contributed by atoms with Gasteiger partial charge < -0.3 is 11.1 Å². The summed E-state index contributed by atoms with van der Waals surface area (Å²) >= 11 is 0. The van der Waals surface area contributed by atoms with Crippen molar-refractivity contribution in [2.75, 3.05) is 5.32 Å². The molecule has 0 aliphatic carbocycles. The molecule has 21 heavy (non-hydrogen) atoms.